The van der Waals surface area contributed by atoms with Crippen LogP contribution in [0.3, 0.4) is 0 Å². The molecule has 0 N–H and O–H groups in total. The van der Waals surface area contributed by atoms with Crippen molar-refractivity contribution >= 4 is 22.8 Å². The minimum atomic E-state index is -0.306. The predicted molar refractivity (Wildman–Crippen MR) is 81.1 cm³/mol. The maximum Gasteiger partial charge on any atom is 0.307 e. The molecule has 0 aliphatic rings. The smallest absolute Gasteiger partial charge is 0.307 e. The molecule has 0 saturated heterocycles. The van der Waals surface area contributed by atoms with Gasteiger partial charge in [-0.3, -0.25) is 9.59 Å². The molecule has 0 atom stereocenters. The van der Waals surface area contributed by atoms with Gasteiger partial charge in [-0.2, -0.15) is 0 Å². The Morgan fingerprint density at radius 1 is 1.29 bits per heavy atom. The molecule has 5 heteroatoms. The van der Waals surface area contributed by atoms with Gasteiger partial charge < -0.3 is 14.2 Å². The first-order valence-electron chi connectivity index (χ1n) is 6.98. The van der Waals surface area contributed by atoms with Crippen LogP contribution in [0.15, 0.2) is 30.5 Å². The third-order valence-electron chi connectivity index (χ3n) is 3.61. The van der Waals surface area contributed by atoms with Crippen molar-refractivity contribution in [3.8, 4) is 0 Å². The fraction of sp³-hybridized carbons (Fsp3) is 0.375. The second kappa shape index (κ2) is 6.43. The monoisotopic (exact) mass is 288 g/mol. The normalized spacial score (nSPS) is 10.6. The summed E-state index contributed by atoms with van der Waals surface area (Å²) in [5, 5.41) is 0.932. The van der Waals surface area contributed by atoms with E-state index in [2.05, 4.69) is 4.74 Å². The van der Waals surface area contributed by atoms with Crippen LogP contribution in [0.5, 0.6) is 0 Å². The van der Waals surface area contributed by atoms with E-state index in [0.29, 0.717) is 18.7 Å². The minimum Gasteiger partial charge on any atom is -0.469 e. The Labute approximate surface area is 124 Å². The van der Waals surface area contributed by atoms with Gasteiger partial charge in [-0.05, 0) is 13.0 Å². The highest BCUT2D eigenvalue weighted by Crippen LogP contribution is 2.21. The first-order valence-corrected chi connectivity index (χ1v) is 6.98. The Kier molecular flexibility index (Phi) is 4.62. The van der Waals surface area contributed by atoms with Crippen molar-refractivity contribution in [1.29, 1.82) is 0 Å². The van der Waals surface area contributed by atoms with Crippen molar-refractivity contribution < 1.29 is 14.3 Å². The second-order valence-corrected chi connectivity index (χ2v) is 4.88. The van der Waals surface area contributed by atoms with Crippen LogP contribution in [-0.4, -0.2) is 41.5 Å². The molecule has 5 nitrogen and oxygen atoms in total. The second-order valence-electron chi connectivity index (χ2n) is 4.88. The molecule has 0 fully saturated rings. The van der Waals surface area contributed by atoms with Gasteiger partial charge in [0.25, 0.3) is 5.91 Å². The van der Waals surface area contributed by atoms with Crippen LogP contribution in [0.2, 0.25) is 0 Å². The number of nitrogens with zero attached hydrogens (tertiary/aromatic N) is 2. The number of carbonyl (C=O) groups excluding carboxylic acids is 2. The topological polar surface area (TPSA) is 51.5 Å². The molecule has 1 heterocycles. The molecule has 0 aliphatic carbocycles. The molecule has 1 aromatic heterocycles. The molecule has 0 bridgehead atoms. The number of hydrogen-bond acceptors (Lipinski definition) is 3. The van der Waals surface area contributed by atoms with Gasteiger partial charge in [0.05, 0.1) is 19.1 Å². The maximum absolute atomic E-state index is 12.7. The molecular weight excluding hydrogens is 268 g/mol. The van der Waals surface area contributed by atoms with Crippen LogP contribution in [0.25, 0.3) is 10.9 Å². The summed E-state index contributed by atoms with van der Waals surface area (Å²) in [6.07, 6.45) is 2.05. The van der Waals surface area contributed by atoms with Crippen LogP contribution in [-0.2, 0) is 16.6 Å². The van der Waals surface area contributed by atoms with E-state index in [4.69, 9.17) is 0 Å². The molecule has 0 aliphatic heterocycles. The third-order valence-corrected chi connectivity index (χ3v) is 3.61. The Bertz CT molecular complexity index is 661. The highest BCUT2D eigenvalue weighted by molar-refractivity contribution is 6.07. The molecule has 1 amide bonds. The Morgan fingerprint density at radius 2 is 2.00 bits per heavy atom. The standard InChI is InChI=1S/C16H20N2O3/c1-4-18(10-9-15(19)21-3)16(20)13-11-17(2)14-8-6-5-7-12(13)14/h5-8,11H,4,9-10H2,1-3H3. The first-order chi connectivity index (χ1) is 10.1. The lowest BCUT2D eigenvalue weighted by Gasteiger charge is -2.19. The number of esters is 1. The quantitative estimate of drug-likeness (QED) is 0.793. The first kappa shape index (κ1) is 15.1. The predicted octanol–water partition coefficient (Wildman–Crippen LogP) is 2.20. The molecule has 0 radical (unpaired) electrons. The SMILES string of the molecule is CCN(CCC(=O)OC)C(=O)c1cn(C)c2ccccc12. The number of benzene rings is 1. The molecular formula is C16H20N2O3. The van der Waals surface area contributed by atoms with Crippen molar-refractivity contribution in [1.82, 2.24) is 9.47 Å². The summed E-state index contributed by atoms with van der Waals surface area (Å²) in [4.78, 5) is 25.6. The van der Waals surface area contributed by atoms with E-state index in [1.54, 1.807) is 4.90 Å². The maximum atomic E-state index is 12.7. The number of carbonyl (C=O) groups is 2. The van der Waals surface area contributed by atoms with Gasteiger partial charge in [0, 0.05) is 37.2 Å². The number of aromatic nitrogens is 1. The Hall–Kier alpha value is -2.30. The zero-order valence-electron chi connectivity index (χ0n) is 12.6. The van der Waals surface area contributed by atoms with Crippen molar-refractivity contribution in [2.24, 2.45) is 7.05 Å². The summed E-state index contributed by atoms with van der Waals surface area (Å²) in [6, 6.07) is 7.79. The number of rotatable bonds is 5. The van der Waals surface area contributed by atoms with Gasteiger partial charge in [-0.15, -0.1) is 0 Å². The lowest BCUT2D eigenvalue weighted by Crippen LogP contribution is -2.32. The summed E-state index contributed by atoms with van der Waals surface area (Å²) in [5.41, 5.74) is 1.68. The van der Waals surface area contributed by atoms with E-state index in [9.17, 15) is 9.59 Å². The number of aryl methyl sites for hydroxylation is 1. The van der Waals surface area contributed by atoms with Gasteiger partial charge in [0.2, 0.25) is 0 Å². The summed E-state index contributed by atoms with van der Waals surface area (Å²) in [6.45, 7) is 2.82. The largest absolute Gasteiger partial charge is 0.469 e. The highest BCUT2D eigenvalue weighted by Gasteiger charge is 2.19. The molecule has 0 spiro atoms. The summed E-state index contributed by atoms with van der Waals surface area (Å²) < 4.78 is 6.57. The van der Waals surface area contributed by atoms with Crippen molar-refractivity contribution in [2.45, 2.75) is 13.3 Å². The van der Waals surface area contributed by atoms with Gasteiger partial charge in [0.1, 0.15) is 0 Å². The van der Waals surface area contributed by atoms with E-state index < -0.39 is 0 Å². The van der Waals surface area contributed by atoms with Gasteiger partial charge in [0.15, 0.2) is 0 Å². The van der Waals surface area contributed by atoms with E-state index in [1.807, 2.05) is 49.0 Å². The molecule has 2 rings (SSSR count). The van der Waals surface area contributed by atoms with Crippen molar-refractivity contribution in [3.05, 3.63) is 36.0 Å². The average Bonchev–Trinajstić information content (AvgIpc) is 2.85. The zero-order chi connectivity index (χ0) is 15.4. The Balaban J connectivity index is 2.25. The molecule has 112 valence electrons. The number of methoxy groups -OCH3 is 1. The van der Waals surface area contributed by atoms with E-state index in [0.717, 1.165) is 10.9 Å². The van der Waals surface area contributed by atoms with Crippen LogP contribution in [0.4, 0.5) is 0 Å². The van der Waals surface area contributed by atoms with E-state index in [1.165, 1.54) is 7.11 Å². The number of hydrogen-bond donors (Lipinski definition) is 0. The molecule has 2 aromatic rings. The van der Waals surface area contributed by atoms with E-state index >= 15 is 0 Å². The summed E-state index contributed by atoms with van der Waals surface area (Å²) >= 11 is 0. The van der Waals surface area contributed by atoms with E-state index in [-0.39, 0.29) is 18.3 Å². The summed E-state index contributed by atoms with van der Waals surface area (Å²) in [7, 11) is 3.27. The van der Waals surface area contributed by atoms with Crippen LogP contribution in [0, 0.1) is 0 Å². The highest BCUT2D eigenvalue weighted by atomic mass is 16.5. The molecule has 0 saturated carbocycles. The van der Waals surface area contributed by atoms with Gasteiger partial charge in [-0.25, -0.2) is 0 Å². The van der Waals surface area contributed by atoms with Crippen LogP contribution >= 0.6 is 0 Å². The molecule has 1 aromatic carbocycles. The van der Waals surface area contributed by atoms with Crippen LogP contribution in [0.1, 0.15) is 23.7 Å². The molecule has 21 heavy (non-hydrogen) atoms. The van der Waals surface area contributed by atoms with Crippen molar-refractivity contribution in [3.63, 3.8) is 0 Å². The number of para-hydroxylation sites is 1. The molecule has 0 unspecified atom stereocenters. The number of fused-ring (bicyclic) bond motifs is 1. The number of amides is 1. The Morgan fingerprint density at radius 3 is 2.67 bits per heavy atom. The minimum absolute atomic E-state index is 0.0572. The third kappa shape index (κ3) is 3.07. The zero-order valence-corrected chi connectivity index (χ0v) is 12.6. The fourth-order valence-electron chi connectivity index (χ4n) is 2.41. The van der Waals surface area contributed by atoms with Crippen LogP contribution < -0.4 is 0 Å². The van der Waals surface area contributed by atoms with Gasteiger partial charge in [-0.1, -0.05) is 18.2 Å². The van der Waals surface area contributed by atoms with Gasteiger partial charge >= 0.3 is 5.97 Å². The fourth-order valence-corrected chi connectivity index (χ4v) is 2.41. The summed E-state index contributed by atoms with van der Waals surface area (Å²) in [5.74, 6) is -0.364. The lowest BCUT2D eigenvalue weighted by molar-refractivity contribution is -0.140. The lowest BCUT2D eigenvalue weighted by atomic mass is 10.1. The number of ether oxygens (including phenoxy) is 1. The van der Waals surface area contributed by atoms with Crippen molar-refractivity contribution in [2.75, 3.05) is 20.2 Å². The average molecular weight is 288 g/mol.